The average molecular weight is 542 g/mol. The molecule has 0 fully saturated rings. The molecule has 7 heteroatoms. The summed E-state index contributed by atoms with van der Waals surface area (Å²) in [6.07, 6.45) is 1.46. The monoisotopic (exact) mass is 541 g/mol. The summed E-state index contributed by atoms with van der Waals surface area (Å²) in [7, 11) is 1.63. The molecule has 0 aliphatic carbocycles. The molecule has 0 radical (unpaired) electrons. The number of hydrogen-bond acceptors (Lipinski definition) is 6. The third kappa shape index (κ3) is 5.04. The SMILES string of the molecule is CCCOc1ccc(C2c3c(oc4cc(C)c(C)cc4c3=O)C(=O)N2CCc2ccc(OC)cc2)cc1OCC. The molecule has 2 heterocycles. The van der Waals surface area contributed by atoms with Gasteiger partial charge in [0.1, 0.15) is 11.3 Å². The van der Waals surface area contributed by atoms with Crippen molar-refractivity contribution >= 4 is 16.9 Å². The lowest BCUT2D eigenvalue weighted by Crippen LogP contribution is -2.31. The fraction of sp³-hybridized carbons (Fsp3) is 0.333. The van der Waals surface area contributed by atoms with Crippen molar-refractivity contribution in [2.45, 2.75) is 46.6 Å². The molecule has 5 rings (SSSR count). The Bertz CT molecular complexity index is 1600. The molecule has 208 valence electrons. The Morgan fingerprint density at radius 3 is 2.35 bits per heavy atom. The van der Waals surface area contributed by atoms with Crippen molar-refractivity contribution in [3.8, 4) is 17.2 Å². The quantitative estimate of drug-likeness (QED) is 0.231. The largest absolute Gasteiger partial charge is 0.497 e. The highest BCUT2D eigenvalue weighted by Gasteiger charge is 2.42. The van der Waals surface area contributed by atoms with Gasteiger partial charge in [0.25, 0.3) is 5.91 Å². The van der Waals surface area contributed by atoms with E-state index < -0.39 is 6.04 Å². The van der Waals surface area contributed by atoms with E-state index in [9.17, 15) is 9.59 Å². The smallest absolute Gasteiger partial charge is 0.290 e. The molecular formula is C33H35NO6. The van der Waals surface area contributed by atoms with Crippen LogP contribution in [0.15, 0.2) is 63.8 Å². The van der Waals surface area contributed by atoms with Crippen LogP contribution in [0.25, 0.3) is 11.0 Å². The van der Waals surface area contributed by atoms with Gasteiger partial charge in [-0.15, -0.1) is 0 Å². The first-order valence-electron chi connectivity index (χ1n) is 13.8. The van der Waals surface area contributed by atoms with Crippen LogP contribution in [0.3, 0.4) is 0 Å². The van der Waals surface area contributed by atoms with E-state index >= 15 is 0 Å². The second kappa shape index (κ2) is 11.5. The number of hydrogen-bond donors (Lipinski definition) is 0. The van der Waals surface area contributed by atoms with Crippen molar-refractivity contribution in [3.05, 3.63) is 98.4 Å². The molecule has 0 saturated carbocycles. The zero-order chi connectivity index (χ0) is 28.4. The molecule has 1 unspecified atom stereocenters. The summed E-state index contributed by atoms with van der Waals surface area (Å²) in [5.41, 5.74) is 4.41. The van der Waals surface area contributed by atoms with Crippen LogP contribution in [0.2, 0.25) is 0 Å². The van der Waals surface area contributed by atoms with E-state index in [2.05, 4.69) is 0 Å². The molecule has 0 spiro atoms. The third-order valence-corrected chi connectivity index (χ3v) is 7.43. The summed E-state index contributed by atoms with van der Waals surface area (Å²) in [5.74, 6) is 1.80. The maximum absolute atomic E-state index is 14.0. The number of amides is 1. The molecule has 3 aromatic carbocycles. The first-order chi connectivity index (χ1) is 19.4. The van der Waals surface area contributed by atoms with Gasteiger partial charge in [-0.2, -0.15) is 0 Å². The van der Waals surface area contributed by atoms with Gasteiger partial charge in [0.05, 0.1) is 37.3 Å². The van der Waals surface area contributed by atoms with Crippen LogP contribution >= 0.6 is 0 Å². The van der Waals surface area contributed by atoms with Gasteiger partial charge in [0.2, 0.25) is 5.76 Å². The minimum absolute atomic E-state index is 0.102. The third-order valence-electron chi connectivity index (χ3n) is 7.43. The normalized spacial score (nSPS) is 14.5. The van der Waals surface area contributed by atoms with Crippen molar-refractivity contribution in [1.82, 2.24) is 4.90 Å². The fourth-order valence-corrected chi connectivity index (χ4v) is 5.19. The Morgan fingerprint density at radius 1 is 0.900 bits per heavy atom. The van der Waals surface area contributed by atoms with Gasteiger partial charge in [0.15, 0.2) is 16.9 Å². The van der Waals surface area contributed by atoms with E-state index in [1.54, 1.807) is 12.0 Å². The number of rotatable bonds is 10. The van der Waals surface area contributed by atoms with Crippen LogP contribution in [-0.4, -0.2) is 37.7 Å². The van der Waals surface area contributed by atoms with Crippen LogP contribution < -0.4 is 19.6 Å². The summed E-state index contributed by atoms with van der Waals surface area (Å²) in [6, 6.07) is 16.5. The van der Waals surface area contributed by atoms with Crippen molar-refractivity contribution < 1.29 is 23.4 Å². The molecule has 40 heavy (non-hydrogen) atoms. The van der Waals surface area contributed by atoms with Crippen LogP contribution in [-0.2, 0) is 6.42 Å². The molecule has 1 aliphatic heterocycles. The highest BCUT2D eigenvalue weighted by Crippen LogP contribution is 2.41. The maximum Gasteiger partial charge on any atom is 0.290 e. The average Bonchev–Trinajstić information content (AvgIpc) is 3.24. The Kier molecular flexibility index (Phi) is 7.83. The van der Waals surface area contributed by atoms with E-state index in [0.29, 0.717) is 54.2 Å². The van der Waals surface area contributed by atoms with Crippen molar-refractivity contribution in [1.29, 1.82) is 0 Å². The number of aryl methyl sites for hydroxylation is 2. The zero-order valence-electron chi connectivity index (χ0n) is 23.7. The predicted molar refractivity (Wildman–Crippen MR) is 155 cm³/mol. The lowest BCUT2D eigenvalue weighted by atomic mass is 9.97. The van der Waals surface area contributed by atoms with E-state index in [1.165, 1.54) is 0 Å². The van der Waals surface area contributed by atoms with E-state index in [-0.39, 0.29) is 17.1 Å². The van der Waals surface area contributed by atoms with Gasteiger partial charge in [-0.3, -0.25) is 9.59 Å². The van der Waals surface area contributed by atoms with Gasteiger partial charge in [-0.1, -0.05) is 25.1 Å². The first-order valence-corrected chi connectivity index (χ1v) is 13.8. The maximum atomic E-state index is 14.0. The number of ether oxygens (including phenoxy) is 3. The molecule has 0 saturated heterocycles. The number of fused-ring (bicyclic) bond motifs is 2. The van der Waals surface area contributed by atoms with Crippen molar-refractivity contribution in [2.75, 3.05) is 26.9 Å². The summed E-state index contributed by atoms with van der Waals surface area (Å²) < 4.78 is 23.3. The number of carbonyl (C=O) groups is 1. The second-order valence-electron chi connectivity index (χ2n) is 10.1. The van der Waals surface area contributed by atoms with E-state index in [1.807, 2.05) is 82.3 Å². The number of methoxy groups -OCH3 is 1. The number of carbonyl (C=O) groups excluding carboxylic acids is 1. The topological polar surface area (TPSA) is 78.2 Å². The molecule has 0 N–H and O–H groups in total. The van der Waals surface area contributed by atoms with Crippen molar-refractivity contribution in [2.24, 2.45) is 0 Å². The molecule has 1 aromatic heterocycles. The highest BCUT2D eigenvalue weighted by molar-refractivity contribution is 5.99. The molecule has 1 aliphatic rings. The van der Waals surface area contributed by atoms with Gasteiger partial charge in [-0.05, 0) is 92.3 Å². The van der Waals surface area contributed by atoms with Crippen molar-refractivity contribution in [3.63, 3.8) is 0 Å². The number of nitrogens with zero attached hydrogens (tertiary/aromatic N) is 1. The standard InChI is InChI=1S/C33H35NO6/c1-6-16-39-26-13-10-23(19-28(26)38-7-2)30-29-31(35)25-17-20(3)21(4)18-27(25)40-32(29)33(36)34(30)15-14-22-8-11-24(37-5)12-9-22/h8-13,17-19,30H,6-7,14-16H2,1-5H3. The Balaban J connectivity index is 1.62. The Morgan fingerprint density at radius 2 is 1.65 bits per heavy atom. The Hall–Kier alpha value is -4.26. The minimum Gasteiger partial charge on any atom is -0.497 e. The predicted octanol–water partition coefficient (Wildman–Crippen LogP) is 6.39. The summed E-state index contributed by atoms with van der Waals surface area (Å²) in [4.78, 5) is 29.6. The van der Waals surface area contributed by atoms with Gasteiger partial charge >= 0.3 is 0 Å². The molecule has 1 amide bonds. The second-order valence-corrected chi connectivity index (χ2v) is 10.1. The zero-order valence-corrected chi connectivity index (χ0v) is 23.7. The molecule has 7 nitrogen and oxygen atoms in total. The van der Waals surface area contributed by atoms with Crippen LogP contribution in [0.5, 0.6) is 17.2 Å². The summed E-state index contributed by atoms with van der Waals surface area (Å²) in [6.45, 7) is 9.30. The highest BCUT2D eigenvalue weighted by atomic mass is 16.5. The molecule has 0 bridgehead atoms. The molecular weight excluding hydrogens is 506 g/mol. The lowest BCUT2D eigenvalue weighted by Gasteiger charge is -2.26. The number of benzene rings is 3. The minimum atomic E-state index is -0.623. The van der Waals surface area contributed by atoms with E-state index in [0.717, 1.165) is 34.4 Å². The summed E-state index contributed by atoms with van der Waals surface area (Å²) >= 11 is 0. The van der Waals surface area contributed by atoms with Crippen LogP contribution in [0.4, 0.5) is 0 Å². The van der Waals surface area contributed by atoms with Gasteiger partial charge in [0, 0.05) is 6.54 Å². The van der Waals surface area contributed by atoms with Gasteiger partial charge in [-0.25, -0.2) is 0 Å². The molecule has 1 atom stereocenters. The van der Waals surface area contributed by atoms with Crippen LogP contribution in [0.1, 0.15) is 64.7 Å². The Labute approximate surface area is 234 Å². The lowest BCUT2D eigenvalue weighted by molar-refractivity contribution is 0.0729. The first kappa shape index (κ1) is 27.3. The van der Waals surface area contributed by atoms with Gasteiger partial charge < -0.3 is 23.5 Å². The van der Waals surface area contributed by atoms with Crippen LogP contribution in [0, 0.1) is 13.8 Å². The summed E-state index contributed by atoms with van der Waals surface area (Å²) in [5, 5.41) is 0.476. The molecule has 4 aromatic rings. The van der Waals surface area contributed by atoms with E-state index in [4.69, 9.17) is 18.6 Å². The fourth-order valence-electron chi connectivity index (χ4n) is 5.19.